The molecule has 13 heteroatoms. The molecular weight excluding hydrogens is 466 g/mol. The zero-order valence-corrected chi connectivity index (χ0v) is 17.0. The van der Waals surface area contributed by atoms with Crippen molar-refractivity contribution in [3.05, 3.63) is 89.8 Å². The third-order valence-electron chi connectivity index (χ3n) is 4.77. The Balaban J connectivity index is 1.57. The van der Waals surface area contributed by atoms with Crippen LogP contribution in [0, 0.1) is 0 Å². The number of nitrogens with zero attached hydrogens (tertiary/aromatic N) is 5. The number of hydrogen-bond acceptors (Lipinski definition) is 4. The number of hydrogen-bond donors (Lipinski definition) is 1. The molecule has 7 nitrogen and oxygen atoms in total. The van der Waals surface area contributed by atoms with E-state index in [9.17, 15) is 31.1 Å². The molecule has 2 aromatic carbocycles. The van der Waals surface area contributed by atoms with Gasteiger partial charge in [0.2, 0.25) is 0 Å². The lowest BCUT2D eigenvalue weighted by molar-refractivity contribution is -0.143. The van der Waals surface area contributed by atoms with E-state index in [4.69, 9.17) is 0 Å². The predicted molar refractivity (Wildman–Crippen MR) is 106 cm³/mol. The predicted octanol–water partition coefficient (Wildman–Crippen LogP) is 4.42. The molecule has 0 radical (unpaired) electrons. The van der Waals surface area contributed by atoms with Crippen LogP contribution in [0.5, 0.6) is 0 Å². The van der Waals surface area contributed by atoms with Crippen molar-refractivity contribution in [2.24, 2.45) is 0 Å². The maximum Gasteiger partial charge on any atom is 0.434 e. The van der Waals surface area contributed by atoms with Gasteiger partial charge in [-0.1, -0.05) is 18.2 Å². The quantitative estimate of drug-likeness (QED) is 0.429. The first kappa shape index (κ1) is 23.0. The van der Waals surface area contributed by atoms with Crippen LogP contribution < -0.4 is 5.32 Å². The minimum atomic E-state index is -5.06. The number of nitrogens with one attached hydrogen (secondary N) is 1. The minimum absolute atomic E-state index is 0.0947. The summed E-state index contributed by atoms with van der Waals surface area (Å²) in [6.45, 7) is -0.0947. The molecule has 0 aliphatic carbocycles. The van der Waals surface area contributed by atoms with Gasteiger partial charge in [0.15, 0.2) is 5.69 Å². The molecule has 0 unspecified atom stereocenters. The molecule has 4 aromatic rings. The van der Waals surface area contributed by atoms with E-state index < -0.39 is 40.8 Å². The van der Waals surface area contributed by atoms with Crippen LogP contribution in [-0.4, -0.2) is 30.5 Å². The van der Waals surface area contributed by atoms with Gasteiger partial charge in [-0.2, -0.15) is 36.5 Å². The summed E-state index contributed by atoms with van der Waals surface area (Å²) in [6.07, 6.45) is -6.31. The van der Waals surface area contributed by atoms with E-state index in [2.05, 4.69) is 20.5 Å². The topological polar surface area (TPSA) is 77.6 Å². The first-order valence-electron chi connectivity index (χ1n) is 9.59. The average molecular weight is 480 g/mol. The molecule has 2 heterocycles. The van der Waals surface area contributed by atoms with Gasteiger partial charge in [-0.25, -0.2) is 14.3 Å². The van der Waals surface area contributed by atoms with Crippen molar-refractivity contribution in [3.8, 4) is 11.4 Å². The number of carbonyl (C=O) groups excluding carboxylic acids is 1. The van der Waals surface area contributed by atoms with Gasteiger partial charge in [-0.3, -0.25) is 4.79 Å². The Hall–Kier alpha value is -4.16. The van der Waals surface area contributed by atoms with Crippen molar-refractivity contribution in [1.82, 2.24) is 29.9 Å². The Morgan fingerprint density at radius 1 is 0.912 bits per heavy atom. The fourth-order valence-corrected chi connectivity index (χ4v) is 3.18. The molecule has 0 aliphatic rings. The van der Waals surface area contributed by atoms with E-state index in [1.54, 1.807) is 24.3 Å². The van der Waals surface area contributed by atoms with Crippen LogP contribution in [0.1, 0.15) is 27.2 Å². The number of halogens is 6. The summed E-state index contributed by atoms with van der Waals surface area (Å²) < 4.78 is 82.1. The number of benzene rings is 2. The summed E-state index contributed by atoms with van der Waals surface area (Å²) in [6, 6.07) is 9.91. The van der Waals surface area contributed by atoms with E-state index in [0.717, 1.165) is 18.2 Å². The maximum absolute atomic E-state index is 13.8. The SMILES string of the molecule is O=C(NCc1ccc(-n2cncn2)cc1)c1cnn(-c2cccc(C(F)(F)F)c2)c1C(F)(F)F. The molecule has 0 saturated carbocycles. The highest BCUT2D eigenvalue weighted by Crippen LogP contribution is 2.35. The summed E-state index contributed by atoms with van der Waals surface area (Å²) in [5.74, 6) is -1.08. The zero-order valence-electron chi connectivity index (χ0n) is 17.0. The molecule has 0 saturated heterocycles. The van der Waals surface area contributed by atoms with E-state index in [-0.39, 0.29) is 11.2 Å². The van der Waals surface area contributed by atoms with Crippen LogP contribution in [0.2, 0.25) is 0 Å². The monoisotopic (exact) mass is 480 g/mol. The fraction of sp³-hybridized carbons (Fsp3) is 0.143. The summed E-state index contributed by atoms with van der Waals surface area (Å²) in [4.78, 5) is 16.4. The van der Waals surface area contributed by atoms with Gasteiger partial charge in [-0.15, -0.1) is 0 Å². The Morgan fingerprint density at radius 3 is 2.26 bits per heavy atom. The third kappa shape index (κ3) is 4.77. The van der Waals surface area contributed by atoms with Crippen LogP contribution in [0.4, 0.5) is 26.3 Å². The number of alkyl halides is 6. The molecule has 0 aliphatic heterocycles. The number of carbonyl (C=O) groups is 1. The maximum atomic E-state index is 13.8. The van der Waals surface area contributed by atoms with Crippen molar-refractivity contribution >= 4 is 5.91 Å². The summed E-state index contributed by atoms with van der Waals surface area (Å²) in [5.41, 5.74) is -2.64. The molecule has 0 spiro atoms. The van der Waals surface area contributed by atoms with Crippen molar-refractivity contribution in [2.45, 2.75) is 18.9 Å². The first-order valence-corrected chi connectivity index (χ1v) is 9.59. The lowest BCUT2D eigenvalue weighted by Gasteiger charge is -2.14. The van der Waals surface area contributed by atoms with Crippen molar-refractivity contribution in [2.75, 3.05) is 0 Å². The van der Waals surface area contributed by atoms with E-state index in [1.807, 2.05) is 0 Å². The van der Waals surface area contributed by atoms with Crippen molar-refractivity contribution in [3.63, 3.8) is 0 Å². The second-order valence-electron chi connectivity index (χ2n) is 7.05. The van der Waals surface area contributed by atoms with Crippen LogP contribution >= 0.6 is 0 Å². The molecule has 2 aromatic heterocycles. The molecule has 176 valence electrons. The number of rotatable bonds is 5. The van der Waals surface area contributed by atoms with E-state index >= 15 is 0 Å². The summed E-state index contributed by atoms with van der Waals surface area (Å²) in [7, 11) is 0. The van der Waals surface area contributed by atoms with Crippen LogP contribution in [0.3, 0.4) is 0 Å². The summed E-state index contributed by atoms with van der Waals surface area (Å²) >= 11 is 0. The standard InChI is InChI=1S/C21H14F6N6O/c22-20(23,24)14-2-1-3-16(8-14)33-18(21(25,26)27)17(10-30-33)19(34)29-9-13-4-6-15(7-5-13)32-12-28-11-31-32/h1-8,10-12H,9H2,(H,29,34). The molecule has 34 heavy (non-hydrogen) atoms. The van der Waals surface area contributed by atoms with Gasteiger partial charge >= 0.3 is 12.4 Å². The van der Waals surface area contributed by atoms with E-state index in [1.165, 1.54) is 17.3 Å². The lowest BCUT2D eigenvalue weighted by atomic mass is 10.1. The highest BCUT2D eigenvalue weighted by atomic mass is 19.4. The smallest absolute Gasteiger partial charge is 0.348 e. The second-order valence-corrected chi connectivity index (χ2v) is 7.05. The molecule has 1 N–H and O–H groups in total. The number of aromatic nitrogens is 5. The van der Waals surface area contributed by atoms with Gasteiger partial charge in [-0.05, 0) is 35.9 Å². The van der Waals surface area contributed by atoms with Crippen LogP contribution in [0.25, 0.3) is 11.4 Å². The second kappa shape index (κ2) is 8.65. The van der Waals surface area contributed by atoms with Gasteiger partial charge in [0.1, 0.15) is 12.7 Å². The normalized spacial score (nSPS) is 12.1. The zero-order chi connectivity index (χ0) is 24.5. The third-order valence-corrected chi connectivity index (χ3v) is 4.77. The minimum Gasteiger partial charge on any atom is -0.348 e. The largest absolute Gasteiger partial charge is 0.434 e. The molecule has 1 amide bonds. The van der Waals surface area contributed by atoms with Crippen molar-refractivity contribution in [1.29, 1.82) is 0 Å². The molecule has 0 atom stereocenters. The summed E-state index contributed by atoms with van der Waals surface area (Å²) in [5, 5.41) is 9.89. The van der Waals surface area contributed by atoms with Gasteiger partial charge < -0.3 is 5.32 Å². The van der Waals surface area contributed by atoms with Gasteiger partial charge in [0, 0.05) is 6.54 Å². The Labute approximate surface area is 187 Å². The van der Waals surface area contributed by atoms with Gasteiger partial charge in [0.25, 0.3) is 5.91 Å². The van der Waals surface area contributed by atoms with Crippen molar-refractivity contribution < 1.29 is 31.1 Å². The number of amides is 1. The molecule has 0 bridgehead atoms. The fourth-order valence-electron chi connectivity index (χ4n) is 3.18. The Morgan fingerprint density at radius 2 is 1.65 bits per heavy atom. The first-order chi connectivity index (χ1) is 16.0. The van der Waals surface area contributed by atoms with E-state index in [0.29, 0.717) is 23.5 Å². The molecular formula is C21H14F6N6O. The highest BCUT2D eigenvalue weighted by molar-refractivity contribution is 5.95. The Bertz CT molecular complexity index is 1290. The van der Waals surface area contributed by atoms with Crippen LogP contribution in [-0.2, 0) is 18.9 Å². The highest BCUT2D eigenvalue weighted by Gasteiger charge is 2.41. The van der Waals surface area contributed by atoms with Gasteiger partial charge in [0.05, 0.1) is 28.7 Å². The van der Waals surface area contributed by atoms with Crippen LogP contribution in [0.15, 0.2) is 67.4 Å². The lowest BCUT2D eigenvalue weighted by Crippen LogP contribution is -2.26. The molecule has 4 rings (SSSR count). The molecule has 0 fully saturated rings. The average Bonchev–Trinajstić information content (AvgIpc) is 3.47. The Kier molecular flexibility index (Phi) is 5.85.